The zero-order chi connectivity index (χ0) is 18.5. The Balaban J connectivity index is 1.87. The van der Waals surface area contributed by atoms with Crippen LogP contribution in [0.25, 0.3) is 10.2 Å². The van der Waals surface area contributed by atoms with Gasteiger partial charge in [-0.3, -0.25) is 9.69 Å². The minimum atomic E-state index is 0.122. The first-order chi connectivity index (χ1) is 12.6. The van der Waals surface area contributed by atoms with Crippen LogP contribution in [0.2, 0.25) is 0 Å². The van der Waals surface area contributed by atoms with Crippen molar-refractivity contribution in [1.82, 2.24) is 9.88 Å². The van der Waals surface area contributed by atoms with Crippen LogP contribution < -0.4 is 4.90 Å². The third-order valence-corrected chi connectivity index (χ3v) is 6.50. The van der Waals surface area contributed by atoms with Gasteiger partial charge < -0.3 is 4.90 Å². The van der Waals surface area contributed by atoms with Gasteiger partial charge in [0.05, 0.1) is 16.6 Å². The summed E-state index contributed by atoms with van der Waals surface area (Å²) in [5.41, 5.74) is 2.16. The molecule has 0 spiro atoms. The van der Waals surface area contributed by atoms with Crippen molar-refractivity contribution < 1.29 is 4.79 Å². The number of carbonyl (C=O) groups excluding carboxylic acids is 1. The van der Waals surface area contributed by atoms with Crippen LogP contribution >= 0.6 is 22.7 Å². The average molecular weight is 388 g/mol. The van der Waals surface area contributed by atoms with E-state index in [0.29, 0.717) is 13.0 Å². The fourth-order valence-electron chi connectivity index (χ4n) is 2.96. The number of carbonyl (C=O) groups is 1. The normalized spacial score (nSPS) is 11.4. The standard InChI is InChI=1S/C20H25N3OS2/c1-4-22(5-2)11-12-23(18(24)14-16-9-7-13-25-16)20-21-19-15(3)8-6-10-17(19)26-20/h6-10,13H,4-5,11-12,14H2,1-3H3. The third kappa shape index (κ3) is 4.31. The van der Waals surface area contributed by atoms with Crippen molar-refractivity contribution in [3.05, 3.63) is 46.2 Å². The first kappa shape index (κ1) is 19.0. The van der Waals surface area contributed by atoms with E-state index in [2.05, 4.69) is 37.8 Å². The van der Waals surface area contributed by atoms with Gasteiger partial charge in [-0.2, -0.15) is 0 Å². The van der Waals surface area contributed by atoms with Crippen LogP contribution in [0.1, 0.15) is 24.3 Å². The number of nitrogens with zero attached hydrogens (tertiary/aromatic N) is 3. The molecule has 3 aromatic rings. The van der Waals surface area contributed by atoms with E-state index < -0.39 is 0 Å². The van der Waals surface area contributed by atoms with Gasteiger partial charge in [0, 0.05) is 18.0 Å². The maximum Gasteiger partial charge on any atom is 0.234 e. The van der Waals surface area contributed by atoms with Gasteiger partial charge in [0.2, 0.25) is 5.91 Å². The molecule has 0 aliphatic carbocycles. The molecule has 0 fully saturated rings. The Morgan fingerprint density at radius 1 is 1.12 bits per heavy atom. The monoisotopic (exact) mass is 387 g/mol. The fourth-order valence-corrected chi connectivity index (χ4v) is 4.74. The highest BCUT2D eigenvalue weighted by molar-refractivity contribution is 7.22. The SMILES string of the molecule is CCN(CC)CCN(C(=O)Cc1cccs1)c1nc2c(C)cccc2s1. The lowest BCUT2D eigenvalue weighted by Gasteiger charge is -2.24. The minimum absolute atomic E-state index is 0.122. The summed E-state index contributed by atoms with van der Waals surface area (Å²) in [6, 6.07) is 10.2. The van der Waals surface area contributed by atoms with Gasteiger partial charge in [0.25, 0.3) is 0 Å². The van der Waals surface area contributed by atoms with Crippen molar-refractivity contribution in [3.8, 4) is 0 Å². The molecule has 4 nitrogen and oxygen atoms in total. The summed E-state index contributed by atoms with van der Waals surface area (Å²) < 4.78 is 1.14. The molecule has 0 aliphatic rings. The number of amides is 1. The van der Waals surface area contributed by atoms with Crippen LogP contribution in [0.3, 0.4) is 0 Å². The van der Waals surface area contributed by atoms with E-state index in [0.717, 1.165) is 45.4 Å². The Morgan fingerprint density at radius 2 is 1.92 bits per heavy atom. The lowest BCUT2D eigenvalue weighted by atomic mass is 10.2. The highest BCUT2D eigenvalue weighted by Gasteiger charge is 2.21. The van der Waals surface area contributed by atoms with E-state index >= 15 is 0 Å². The van der Waals surface area contributed by atoms with Crippen molar-refractivity contribution >= 4 is 43.9 Å². The zero-order valence-corrected chi connectivity index (χ0v) is 17.2. The quantitative estimate of drug-likeness (QED) is 0.567. The molecule has 26 heavy (non-hydrogen) atoms. The number of aryl methyl sites for hydroxylation is 1. The number of benzene rings is 1. The number of para-hydroxylation sites is 1. The molecule has 0 unspecified atom stereocenters. The van der Waals surface area contributed by atoms with E-state index in [4.69, 9.17) is 4.98 Å². The second-order valence-electron chi connectivity index (χ2n) is 6.25. The van der Waals surface area contributed by atoms with E-state index in [-0.39, 0.29) is 5.91 Å². The van der Waals surface area contributed by atoms with Gasteiger partial charge in [0.15, 0.2) is 5.13 Å². The fraction of sp³-hybridized carbons (Fsp3) is 0.400. The molecule has 6 heteroatoms. The van der Waals surface area contributed by atoms with E-state index in [1.165, 1.54) is 0 Å². The van der Waals surface area contributed by atoms with Gasteiger partial charge in [-0.1, -0.05) is 43.4 Å². The Labute approximate surface area is 163 Å². The maximum atomic E-state index is 13.0. The number of hydrogen-bond acceptors (Lipinski definition) is 5. The first-order valence-corrected chi connectivity index (χ1v) is 10.7. The smallest absolute Gasteiger partial charge is 0.234 e. The third-order valence-electron chi connectivity index (χ3n) is 4.58. The first-order valence-electron chi connectivity index (χ1n) is 9.03. The van der Waals surface area contributed by atoms with Gasteiger partial charge in [-0.25, -0.2) is 4.98 Å². The summed E-state index contributed by atoms with van der Waals surface area (Å²) in [7, 11) is 0. The second kappa shape index (κ2) is 8.75. The van der Waals surface area contributed by atoms with Crippen molar-refractivity contribution in [2.45, 2.75) is 27.2 Å². The maximum absolute atomic E-state index is 13.0. The summed E-state index contributed by atoms with van der Waals surface area (Å²) in [6.07, 6.45) is 0.435. The predicted octanol–water partition coefficient (Wildman–Crippen LogP) is 4.58. The topological polar surface area (TPSA) is 36.4 Å². The molecule has 0 saturated carbocycles. The van der Waals surface area contributed by atoms with Gasteiger partial charge in [-0.15, -0.1) is 11.3 Å². The van der Waals surface area contributed by atoms with Crippen LogP contribution in [0.15, 0.2) is 35.7 Å². The molecule has 0 aliphatic heterocycles. The molecule has 0 bridgehead atoms. The predicted molar refractivity (Wildman–Crippen MR) is 113 cm³/mol. The summed E-state index contributed by atoms with van der Waals surface area (Å²) in [5, 5.41) is 2.83. The van der Waals surface area contributed by atoms with Crippen LogP contribution in [-0.2, 0) is 11.2 Å². The Bertz CT molecular complexity index is 853. The number of thiophene rings is 1. The zero-order valence-electron chi connectivity index (χ0n) is 15.6. The lowest BCUT2D eigenvalue weighted by Crippen LogP contribution is -2.39. The van der Waals surface area contributed by atoms with Gasteiger partial charge >= 0.3 is 0 Å². The minimum Gasteiger partial charge on any atom is -0.302 e. The second-order valence-corrected chi connectivity index (χ2v) is 8.29. The number of anilines is 1. The number of likely N-dealkylation sites (N-methyl/N-ethyl adjacent to an activating group) is 1. The molecule has 1 amide bonds. The van der Waals surface area contributed by atoms with Gasteiger partial charge in [0.1, 0.15) is 0 Å². The van der Waals surface area contributed by atoms with E-state index in [1.807, 2.05) is 28.5 Å². The molecular formula is C20H25N3OS2. The van der Waals surface area contributed by atoms with Gasteiger partial charge in [-0.05, 0) is 43.1 Å². The molecule has 2 aromatic heterocycles. The molecule has 0 saturated heterocycles. The summed E-state index contributed by atoms with van der Waals surface area (Å²) in [6.45, 7) is 9.89. The Kier molecular flexibility index (Phi) is 6.40. The molecule has 0 atom stereocenters. The molecule has 0 radical (unpaired) electrons. The Morgan fingerprint density at radius 3 is 2.58 bits per heavy atom. The molecule has 3 rings (SSSR count). The van der Waals surface area contributed by atoms with Crippen molar-refractivity contribution in [3.63, 3.8) is 0 Å². The van der Waals surface area contributed by atoms with E-state index in [1.54, 1.807) is 22.7 Å². The number of aromatic nitrogens is 1. The summed E-state index contributed by atoms with van der Waals surface area (Å²) in [4.78, 5) is 23.2. The Hall–Kier alpha value is -1.76. The van der Waals surface area contributed by atoms with Crippen molar-refractivity contribution in [2.75, 3.05) is 31.1 Å². The number of fused-ring (bicyclic) bond motifs is 1. The summed E-state index contributed by atoms with van der Waals surface area (Å²) in [5.74, 6) is 0.122. The lowest BCUT2D eigenvalue weighted by molar-refractivity contribution is -0.118. The van der Waals surface area contributed by atoms with Crippen LogP contribution in [-0.4, -0.2) is 42.0 Å². The summed E-state index contributed by atoms with van der Waals surface area (Å²) >= 11 is 3.24. The number of rotatable bonds is 8. The van der Waals surface area contributed by atoms with Crippen LogP contribution in [0.4, 0.5) is 5.13 Å². The van der Waals surface area contributed by atoms with Crippen LogP contribution in [0.5, 0.6) is 0 Å². The van der Waals surface area contributed by atoms with Crippen molar-refractivity contribution in [1.29, 1.82) is 0 Å². The van der Waals surface area contributed by atoms with Crippen LogP contribution in [0, 0.1) is 6.92 Å². The molecular weight excluding hydrogens is 362 g/mol. The molecule has 1 aromatic carbocycles. The average Bonchev–Trinajstić information content (AvgIpc) is 3.29. The molecule has 2 heterocycles. The van der Waals surface area contributed by atoms with Crippen molar-refractivity contribution in [2.24, 2.45) is 0 Å². The molecule has 0 N–H and O–H groups in total. The number of thiazole rings is 1. The largest absolute Gasteiger partial charge is 0.302 e. The van der Waals surface area contributed by atoms with E-state index in [9.17, 15) is 4.79 Å². The highest BCUT2D eigenvalue weighted by atomic mass is 32.1. The highest BCUT2D eigenvalue weighted by Crippen LogP contribution is 2.31. The molecule has 138 valence electrons. The number of hydrogen-bond donors (Lipinski definition) is 0.